The maximum absolute atomic E-state index is 6.06. The molecule has 0 amide bonds. The Hall–Kier alpha value is -0.470. The third kappa shape index (κ3) is 31.6. The molecule has 0 aliphatic carbocycles. The summed E-state index contributed by atoms with van der Waals surface area (Å²) in [5.41, 5.74) is 0. The molecule has 0 rings (SSSR count). The summed E-state index contributed by atoms with van der Waals surface area (Å²) in [7, 11) is -1.19. The molecule has 0 unspecified atom stereocenters. The lowest BCUT2D eigenvalue weighted by molar-refractivity contribution is 0.153. The van der Waals surface area contributed by atoms with Gasteiger partial charge in [0.25, 0.3) is 0 Å². The summed E-state index contributed by atoms with van der Waals surface area (Å²) in [4.78, 5) is 0. The highest BCUT2D eigenvalue weighted by atomic mass is 31.2. The molecule has 37 heavy (non-hydrogen) atoms. The number of hydrogen-bond acceptors (Lipinski definition) is 3. The van der Waals surface area contributed by atoms with Crippen LogP contribution in [0, 0.1) is 0 Å². The van der Waals surface area contributed by atoms with E-state index in [1.807, 2.05) is 18.2 Å². The maximum Gasteiger partial charge on any atom is 0.332 e. The van der Waals surface area contributed by atoms with Crippen molar-refractivity contribution >= 4 is 8.60 Å². The topological polar surface area (TPSA) is 27.7 Å². The van der Waals surface area contributed by atoms with E-state index in [4.69, 9.17) is 13.6 Å². The van der Waals surface area contributed by atoms with Crippen LogP contribution >= 0.6 is 8.60 Å². The van der Waals surface area contributed by atoms with Crippen LogP contribution in [0.15, 0.2) is 38.0 Å². The second-order valence-electron chi connectivity index (χ2n) is 10.4. The van der Waals surface area contributed by atoms with Gasteiger partial charge in [0.1, 0.15) is 0 Å². The van der Waals surface area contributed by atoms with Gasteiger partial charge in [-0.25, -0.2) is 0 Å². The Morgan fingerprint density at radius 2 is 0.541 bits per heavy atom. The molecule has 0 aromatic heterocycles. The van der Waals surface area contributed by atoms with Gasteiger partial charge in [-0.1, -0.05) is 115 Å². The van der Waals surface area contributed by atoms with Crippen molar-refractivity contribution in [3.63, 3.8) is 0 Å². The molecule has 0 atom stereocenters. The third-order valence-corrected chi connectivity index (χ3v) is 7.93. The first-order valence-corrected chi connectivity index (χ1v) is 17.0. The Bertz CT molecular complexity index is 402. The minimum absolute atomic E-state index is 0.761. The standard InChI is InChI=1S/C33H63O3P/c1-4-7-10-13-16-19-22-25-28-31-34-37(35-32-29-26-23-20-17-14-11-8-5-2)36-33-30-27-24-21-18-15-12-9-6-3/h4-6H,1-3,7-33H2. The number of hydrogen-bond donors (Lipinski definition) is 0. The molecule has 0 aromatic rings. The van der Waals surface area contributed by atoms with E-state index < -0.39 is 8.60 Å². The van der Waals surface area contributed by atoms with E-state index in [9.17, 15) is 0 Å². The first-order valence-electron chi connectivity index (χ1n) is 15.9. The van der Waals surface area contributed by atoms with Gasteiger partial charge < -0.3 is 13.6 Å². The van der Waals surface area contributed by atoms with Gasteiger partial charge in [0.05, 0.1) is 19.8 Å². The quantitative estimate of drug-likeness (QED) is 0.0472. The van der Waals surface area contributed by atoms with Gasteiger partial charge in [-0.2, -0.15) is 0 Å². The van der Waals surface area contributed by atoms with Crippen molar-refractivity contribution < 1.29 is 13.6 Å². The van der Waals surface area contributed by atoms with Crippen molar-refractivity contribution in [3.05, 3.63) is 38.0 Å². The molecule has 0 aromatic carbocycles. The molecule has 0 saturated carbocycles. The Morgan fingerprint density at radius 1 is 0.324 bits per heavy atom. The molecule has 0 saturated heterocycles. The maximum atomic E-state index is 6.06. The van der Waals surface area contributed by atoms with E-state index in [0.29, 0.717) is 0 Å². The van der Waals surface area contributed by atoms with Gasteiger partial charge in [0, 0.05) is 0 Å². The average molecular weight is 539 g/mol. The zero-order valence-electron chi connectivity index (χ0n) is 24.6. The minimum atomic E-state index is -1.19. The van der Waals surface area contributed by atoms with Crippen LogP contribution in [-0.2, 0) is 13.6 Å². The van der Waals surface area contributed by atoms with Crippen molar-refractivity contribution in [1.82, 2.24) is 0 Å². The fourth-order valence-electron chi connectivity index (χ4n) is 4.35. The lowest BCUT2D eigenvalue weighted by Crippen LogP contribution is -2.00. The van der Waals surface area contributed by atoms with Gasteiger partial charge in [0.15, 0.2) is 0 Å². The van der Waals surface area contributed by atoms with Crippen molar-refractivity contribution in [1.29, 1.82) is 0 Å². The van der Waals surface area contributed by atoms with Gasteiger partial charge >= 0.3 is 8.60 Å². The van der Waals surface area contributed by atoms with E-state index in [-0.39, 0.29) is 0 Å². The minimum Gasteiger partial charge on any atom is -0.312 e. The van der Waals surface area contributed by atoms with Crippen LogP contribution in [0.3, 0.4) is 0 Å². The van der Waals surface area contributed by atoms with E-state index in [1.165, 1.54) is 116 Å². The zero-order valence-corrected chi connectivity index (χ0v) is 25.5. The predicted molar refractivity (Wildman–Crippen MR) is 166 cm³/mol. The van der Waals surface area contributed by atoms with Gasteiger partial charge in [0.2, 0.25) is 0 Å². The lowest BCUT2D eigenvalue weighted by Gasteiger charge is -2.17. The van der Waals surface area contributed by atoms with Crippen LogP contribution in [-0.4, -0.2) is 19.8 Å². The molecule has 0 radical (unpaired) electrons. The van der Waals surface area contributed by atoms with Crippen LogP contribution in [0.25, 0.3) is 0 Å². The predicted octanol–water partition coefficient (Wildman–Crippen LogP) is 12.2. The van der Waals surface area contributed by atoms with E-state index in [2.05, 4.69) is 19.7 Å². The van der Waals surface area contributed by atoms with Crippen molar-refractivity contribution in [3.8, 4) is 0 Å². The molecule has 0 N–H and O–H groups in total. The van der Waals surface area contributed by atoms with Gasteiger partial charge in [-0.15, -0.1) is 19.7 Å². The van der Waals surface area contributed by atoms with Crippen LogP contribution in [0.1, 0.15) is 154 Å². The summed E-state index contributed by atoms with van der Waals surface area (Å²) in [5.74, 6) is 0. The van der Waals surface area contributed by atoms with E-state index in [1.54, 1.807) is 0 Å². The summed E-state index contributed by atoms with van der Waals surface area (Å²) in [6, 6.07) is 0. The number of unbranched alkanes of at least 4 members (excludes halogenated alkanes) is 21. The van der Waals surface area contributed by atoms with Crippen LogP contribution in [0.2, 0.25) is 0 Å². The Labute approximate surface area is 233 Å². The molecule has 0 fully saturated rings. The van der Waals surface area contributed by atoms with Crippen molar-refractivity contribution in [2.24, 2.45) is 0 Å². The first kappa shape index (κ1) is 36.5. The lowest BCUT2D eigenvalue weighted by atomic mass is 10.1. The highest BCUT2D eigenvalue weighted by molar-refractivity contribution is 7.41. The molecular weight excluding hydrogens is 475 g/mol. The second-order valence-corrected chi connectivity index (χ2v) is 11.6. The SMILES string of the molecule is C=CCCCCCCCCCOP(OCCCCCCCCCC=C)OCCCCCCCCCC=C. The molecular formula is C33H63O3P. The normalized spacial score (nSPS) is 11.3. The average Bonchev–Trinajstić information content (AvgIpc) is 2.91. The summed E-state index contributed by atoms with van der Waals surface area (Å²) in [5, 5.41) is 0. The highest BCUT2D eigenvalue weighted by Gasteiger charge is 2.12. The fourth-order valence-corrected chi connectivity index (χ4v) is 5.41. The van der Waals surface area contributed by atoms with Crippen LogP contribution < -0.4 is 0 Å². The number of allylic oxidation sites excluding steroid dienone is 3. The zero-order chi connectivity index (χ0) is 26.9. The largest absolute Gasteiger partial charge is 0.332 e. The molecule has 0 bridgehead atoms. The summed E-state index contributed by atoms with van der Waals surface area (Å²) in [6.07, 6.45) is 36.4. The van der Waals surface area contributed by atoms with Crippen molar-refractivity contribution in [2.45, 2.75) is 154 Å². The third-order valence-electron chi connectivity index (χ3n) is 6.75. The second kappa shape index (κ2) is 33.6. The summed E-state index contributed by atoms with van der Waals surface area (Å²) < 4.78 is 18.2. The number of rotatable bonds is 33. The van der Waals surface area contributed by atoms with Crippen molar-refractivity contribution in [2.75, 3.05) is 19.8 Å². The van der Waals surface area contributed by atoms with E-state index in [0.717, 1.165) is 58.3 Å². The molecule has 4 heteroatoms. The fraction of sp³-hybridized carbons (Fsp3) is 0.818. The molecule has 0 spiro atoms. The Balaban J connectivity index is 3.89. The molecule has 3 nitrogen and oxygen atoms in total. The smallest absolute Gasteiger partial charge is 0.312 e. The molecule has 0 aliphatic rings. The van der Waals surface area contributed by atoms with Crippen LogP contribution in [0.5, 0.6) is 0 Å². The van der Waals surface area contributed by atoms with Crippen LogP contribution in [0.4, 0.5) is 0 Å². The molecule has 0 heterocycles. The van der Waals surface area contributed by atoms with Gasteiger partial charge in [-0.05, 0) is 57.8 Å². The Kier molecular flexibility index (Phi) is 33.1. The Morgan fingerprint density at radius 3 is 0.784 bits per heavy atom. The molecule has 218 valence electrons. The first-order chi connectivity index (χ1) is 18.3. The van der Waals surface area contributed by atoms with Gasteiger partial charge in [-0.3, -0.25) is 0 Å². The highest BCUT2D eigenvalue weighted by Crippen LogP contribution is 2.40. The van der Waals surface area contributed by atoms with E-state index >= 15 is 0 Å². The molecule has 0 aliphatic heterocycles. The summed E-state index contributed by atoms with van der Waals surface area (Å²) >= 11 is 0. The summed E-state index contributed by atoms with van der Waals surface area (Å²) in [6.45, 7) is 13.7. The monoisotopic (exact) mass is 538 g/mol.